The Balaban J connectivity index is 2.06. The summed E-state index contributed by atoms with van der Waals surface area (Å²) in [5, 5.41) is 13.9. The molecular weight excluding hydrogens is 539 g/mol. The molecular formula is C28H31FN4O6S. The highest BCUT2D eigenvalue weighted by Crippen LogP contribution is 2.26. The molecule has 40 heavy (non-hydrogen) atoms. The van der Waals surface area contributed by atoms with Crippen LogP contribution < -0.4 is 9.62 Å². The Morgan fingerprint density at radius 2 is 1.55 bits per heavy atom. The first-order valence-corrected chi connectivity index (χ1v) is 13.8. The van der Waals surface area contributed by atoms with Crippen molar-refractivity contribution in [2.24, 2.45) is 0 Å². The maximum absolute atomic E-state index is 14.6. The van der Waals surface area contributed by atoms with Crippen molar-refractivity contribution < 1.29 is 27.3 Å². The molecule has 0 aliphatic heterocycles. The summed E-state index contributed by atoms with van der Waals surface area (Å²) >= 11 is 0. The molecule has 12 heteroatoms. The summed E-state index contributed by atoms with van der Waals surface area (Å²) < 4.78 is 42.8. The molecule has 0 fully saturated rings. The van der Waals surface area contributed by atoms with Gasteiger partial charge >= 0.3 is 0 Å². The highest BCUT2D eigenvalue weighted by Gasteiger charge is 2.33. The Bertz CT molecular complexity index is 1470. The molecule has 0 bridgehead atoms. The van der Waals surface area contributed by atoms with Crippen molar-refractivity contribution in [3.05, 3.63) is 100 Å². The molecule has 10 nitrogen and oxygen atoms in total. The predicted octanol–water partition coefficient (Wildman–Crippen LogP) is 4.26. The first kappa shape index (κ1) is 30.2. The second-order valence-electron chi connectivity index (χ2n) is 10.1. The molecule has 1 atom stereocenters. The summed E-state index contributed by atoms with van der Waals surface area (Å²) in [4.78, 5) is 38.4. The van der Waals surface area contributed by atoms with Crippen molar-refractivity contribution in [3.8, 4) is 0 Å². The topological polar surface area (TPSA) is 130 Å². The average Bonchev–Trinajstić information content (AvgIpc) is 2.90. The van der Waals surface area contributed by atoms with Crippen LogP contribution in [0.5, 0.6) is 0 Å². The molecule has 212 valence electrons. The number of carbonyl (C=O) groups is 2. The van der Waals surface area contributed by atoms with E-state index in [1.807, 2.05) is 0 Å². The van der Waals surface area contributed by atoms with Gasteiger partial charge in [-0.25, -0.2) is 12.8 Å². The van der Waals surface area contributed by atoms with Crippen LogP contribution in [0.2, 0.25) is 0 Å². The molecule has 0 aliphatic carbocycles. The molecule has 0 heterocycles. The minimum absolute atomic E-state index is 0.000408. The Labute approximate surface area is 232 Å². The first-order chi connectivity index (χ1) is 18.7. The van der Waals surface area contributed by atoms with Gasteiger partial charge in [-0.05, 0) is 58.0 Å². The molecule has 0 unspecified atom stereocenters. The fourth-order valence-corrected chi connectivity index (χ4v) is 5.29. The van der Waals surface area contributed by atoms with E-state index in [1.165, 1.54) is 61.5 Å². The van der Waals surface area contributed by atoms with E-state index in [2.05, 4.69) is 5.32 Å². The van der Waals surface area contributed by atoms with Gasteiger partial charge in [-0.1, -0.05) is 36.4 Å². The van der Waals surface area contributed by atoms with Crippen molar-refractivity contribution in [2.75, 3.05) is 10.8 Å². The smallest absolute Gasteiger partial charge is 0.269 e. The third kappa shape index (κ3) is 7.41. The van der Waals surface area contributed by atoms with Gasteiger partial charge in [0, 0.05) is 29.8 Å². The summed E-state index contributed by atoms with van der Waals surface area (Å²) in [6.45, 7) is 5.72. The Hall–Kier alpha value is -4.32. The van der Waals surface area contributed by atoms with Crippen molar-refractivity contribution in [1.82, 2.24) is 10.2 Å². The monoisotopic (exact) mass is 570 g/mol. The predicted molar refractivity (Wildman–Crippen MR) is 148 cm³/mol. The number of amides is 2. The average molecular weight is 571 g/mol. The van der Waals surface area contributed by atoms with Crippen molar-refractivity contribution in [2.45, 2.75) is 50.7 Å². The van der Waals surface area contributed by atoms with Gasteiger partial charge in [0.2, 0.25) is 11.8 Å². The molecule has 0 saturated heterocycles. The number of nitrogens with zero attached hydrogens (tertiary/aromatic N) is 3. The molecule has 0 aliphatic rings. The zero-order valence-electron chi connectivity index (χ0n) is 22.6. The van der Waals surface area contributed by atoms with Gasteiger partial charge < -0.3 is 10.2 Å². The number of nitro groups is 1. The number of nitro benzene ring substituents is 1. The number of sulfonamides is 1. The third-order valence-electron chi connectivity index (χ3n) is 5.92. The zero-order chi connectivity index (χ0) is 29.7. The number of non-ortho nitro benzene ring substituents is 1. The molecule has 2 amide bonds. The van der Waals surface area contributed by atoms with Gasteiger partial charge in [-0.15, -0.1) is 0 Å². The number of hydrogen-bond acceptors (Lipinski definition) is 6. The molecule has 0 spiro atoms. The van der Waals surface area contributed by atoms with E-state index in [0.717, 1.165) is 21.3 Å². The van der Waals surface area contributed by atoms with Crippen LogP contribution in [0.3, 0.4) is 0 Å². The van der Waals surface area contributed by atoms with Crippen LogP contribution in [-0.2, 0) is 26.2 Å². The Kier molecular flexibility index (Phi) is 9.25. The minimum atomic E-state index is -4.33. The summed E-state index contributed by atoms with van der Waals surface area (Å²) in [6, 6.07) is 16.8. The number of carbonyl (C=O) groups excluding carboxylic acids is 2. The van der Waals surface area contributed by atoms with Crippen LogP contribution in [0.1, 0.15) is 33.3 Å². The van der Waals surface area contributed by atoms with Crippen LogP contribution in [0, 0.1) is 15.9 Å². The van der Waals surface area contributed by atoms with Crippen molar-refractivity contribution >= 4 is 33.2 Å². The number of anilines is 1. The summed E-state index contributed by atoms with van der Waals surface area (Å²) in [7, 11) is -4.33. The SMILES string of the molecule is C[C@@H](C(=O)NC(C)(C)C)N(Cc1ccccc1F)C(=O)CN(c1ccc([N+](=O)[O-])cc1)S(=O)(=O)c1ccccc1. The lowest BCUT2D eigenvalue weighted by Crippen LogP contribution is -2.54. The number of hydrogen-bond donors (Lipinski definition) is 1. The van der Waals surface area contributed by atoms with E-state index < -0.39 is 50.7 Å². The fraction of sp³-hybridized carbons (Fsp3) is 0.286. The van der Waals surface area contributed by atoms with E-state index >= 15 is 0 Å². The molecule has 0 aromatic heterocycles. The normalized spacial score (nSPS) is 12.3. The van der Waals surface area contributed by atoms with E-state index in [-0.39, 0.29) is 28.4 Å². The highest BCUT2D eigenvalue weighted by atomic mass is 32.2. The third-order valence-corrected chi connectivity index (χ3v) is 7.71. The van der Waals surface area contributed by atoms with Gasteiger partial charge in [0.25, 0.3) is 15.7 Å². The number of nitrogens with one attached hydrogen (secondary N) is 1. The van der Waals surface area contributed by atoms with Gasteiger partial charge in [0.15, 0.2) is 0 Å². The lowest BCUT2D eigenvalue weighted by Gasteiger charge is -2.33. The molecule has 0 radical (unpaired) electrons. The number of benzene rings is 3. The lowest BCUT2D eigenvalue weighted by molar-refractivity contribution is -0.384. The van der Waals surface area contributed by atoms with Crippen LogP contribution >= 0.6 is 0 Å². The van der Waals surface area contributed by atoms with Crippen LogP contribution in [-0.4, -0.2) is 48.2 Å². The van der Waals surface area contributed by atoms with Gasteiger partial charge in [0.1, 0.15) is 18.4 Å². The Morgan fingerprint density at radius 3 is 2.10 bits per heavy atom. The maximum atomic E-state index is 14.6. The van der Waals surface area contributed by atoms with Gasteiger partial charge in [-0.2, -0.15) is 0 Å². The first-order valence-electron chi connectivity index (χ1n) is 12.4. The van der Waals surface area contributed by atoms with E-state index in [1.54, 1.807) is 32.9 Å². The van der Waals surface area contributed by atoms with Gasteiger partial charge in [0.05, 0.1) is 15.5 Å². The Morgan fingerprint density at radius 1 is 0.975 bits per heavy atom. The molecule has 3 rings (SSSR count). The molecule has 3 aromatic rings. The maximum Gasteiger partial charge on any atom is 0.269 e. The van der Waals surface area contributed by atoms with E-state index in [9.17, 15) is 32.5 Å². The lowest BCUT2D eigenvalue weighted by atomic mass is 10.1. The molecule has 1 N–H and O–H groups in total. The van der Waals surface area contributed by atoms with Gasteiger partial charge in [-0.3, -0.25) is 24.0 Å². The second-order valence-corrected chi connectivity index (χ2v) is 12.0. The van der Waals surface area contributed by atoms with Crippen LogP contribution in [0.15, 0.2) is 83.8 Å². The number of rotatable bonds is 10. The molecule has 0 saturated carbocycles. The molecule has 3 aromatic carbocycles. The quantitative estimate of drug-likeness (QED) is 0.286. The van der Waals surface area contributed by atoms with Crippen molar-refractivity contribution in [1.29, 1.82) is 0 Å². The van der Waals surface area contributed by atoms with E-state index in [0.29, 0.717) is 0 Å². The highest BCUT2D eigenvalue weighted by molar-refractivity contribution is 7.92. The standard InChI is InChI=1S/C28H31FN4O6S/c1-20(27(35)30-28(2,3)4)31(18-21-10-8-9-13-25(21)29)26(34)19-32(22-14-16-23(17-15-22)33(36)37)40(38,39)24-11-6-5-7-12-24/h5-17,20H,18-19H2,1-4H3,(H,30,35)/t20-/m0/s1. The van der Waals surface area contributed by atoms with E-state index in [4.69, 9.17) is 0 Å². The summed E-state index contributed by atoms with van der Waals surface area (Å²) in [6.07, 6.45) is 0. The number of halogens is 1. The van der Waals surface area contributed by atoms with Crippen LogP contribution in [0.25, 0.3) is 0 Å². The van der Waals surface area contributed by atoms with Crippen LogP contribution in [0.4, 0.5) is 15.8 Å². The zero-order valence-corrected chi connectivity index (χ0v) is 23.4. The minimum Gasteiger partial charge on any atom is -0.350 e. The van der Waals surface area contributed by atoms with Crippen molar-refractivity contribution in [3.63, 3.8) is 0 Å². The largest absolute Gasteiger partial charge is 0.350 e. The fourth-order valence-electron chi connectivity index (χ4n) is 3.86. The summed E-state index contributed by atoms with van der Waals surface area (Å²) in [5.74, 6) is -1.88. The summed E-state index contributed by atoms with van der Waals surface area (Å²) in [5.41, 5.74) is -0.750. The second kappa shape index (κ2) is 12.2.